The Bertz CT molecular complexity index is 747. The van der Waals surface area contributed by atoms with E-state index in [2.05, 4.69) is 9.82 Å². The molecule has 2 heterocycles. The standard InChI is InChI=1S/C16H21N3O3S/c1-2-13-3-5-16(6-4-13)23(20,21)18-14-11-17-19(12-14)15-7-9-22-10-8-15/h3-6,11-12,15,18H,2,7-10H2,1H3. The van der Waals surface area contributed by atoms with Crippen LogP contribution in [0.2, 0.25) is 0 Å². The fraction of sp³-hybridized carbons (Fsp3) is 0.438. The van der Waals surface area contributed by atoms with Gasteiger partial charge in [-0.05, 0) is 37.0 Å². The number of rotatable bonds is 5. The first kappa shape index (κ1) is 16.0. The molecule has 124 valence electrons. The van der Waals surface area contributed by atoms with E-state index >= 15 is 0 Å². The Labute approximate surface area is 136 Å². The van der Waals surface area contributed by atoms with E-state index in [1.165, 1.54) is 0 Å². The molecule has 2 aromatic rings. The number of nitrogens with one attached hydrogen (secondary N) is 1. The zero-order valence-electron chi connectivity index (χ0n) is 13.1. The first-order chi connectivity index (χ1) is 11.1. The molecule has 0 amide bonds. The predicted molar refractivity (Wildman–Crippen MR) is 87.9 cm³/mol. The Morgan fingerprint density at radius 1 is 1.26 bits per heavy atom. The number of aromatic nitrogens is 2. The van der Waals surface area contributed by atoms with Crippen molar-refractivity contribution in [2.75, 3.05) is 17.9 Å². The number of anilines is 1. The van der Waals surface area contributed by atoms with Crippen molar-refractivity contribution in [2.45, 2.75) is 37.1 Å². The topological polar surface area (TPSA) is 73.2 Å². The molecule has 1 aliphatic heterocycles. The maximum Gasteiger partial charge on any atom is 0.261 e. The molecule has 0 spiro atoms. The van der Waals surface area contributed by atoms with Gasteiger partial charge < -0.3 is 4.74 Å². The number of hydrogen-bond acceptors (Lipinski definition) is 4. The van der Waals surface area contributed by atoms with Gasteiger partial charge in [-0.2, -0.15) is 5.10 Å². The summed E-state index contributed by atoms with van der Waals surface area (Å²) in [5.74, 6) is 0. The molecular weight excluding hydrogens is 314 g/mol. The van der Waals surface area contributed by atoms with E-state index in [9.17, 15) is 8.42 Å². The SMILES string of the molecule is CCc1ccc(S(=O)(=O)Nc2cnn(C3CCOCC3)c2)cc1. The van der Waals surface area contributed by atoms with Crippen molar-refractivity contribution >= 4 is 15.7 Å². The summed E-state index contributed by atoms with van der Waals surface area (Å²) in [6, 6.07) is 7.19. The average molecular weight is 335 g/mol. The van der Waals surface area contributed by atoms with Crippen LogP contribution in [0.5, 0.6) is 0 Å². The van der Waals surface area contributed by atoms with Crippen molar-refractivity contribution < 1.29 is 13.2 Å². The lowest BCUT2D eigenvalue weighted by molar-refractivity contribution is 0.0662. The van der Waals surface area contributed by atoms with Crippen LogP contribution in [0.3, 0.4) is 0 Å². The molecule has 1 fully saturated rings. The Kier molecular flexibility index (Phi) is 4.68. The molecule has 7 heteroatoms. The van der Waals surface area contributed by atoms with Gasteiger partial charge >= 0.3 is 0 Å². The van der Waals surface area contributed by atoms with Crippen LogP contribution in [0.4, 0.5) is 5.69 Å². The van der Waals surface area contributed by atoms with Crippen LogP contribution in [-0.2, 0) is 21.2 Å². The number of hydrogen-bond donors (Lipinski definition) is 1. The summed E-state index contributed by atoms with van der Waals surface area (Å²) in [7, 11) is -3.58. The van der Waals surface area contributed by atoms with Crippen LogP contribution in [0, 0.1) is 0 Å². The van der Waals surface area contributed by atoms with Gasteiger partial charge in [-0.1, -0.05) is 19.1 Å². The number of sulfonamides is 1. The first-order valence-electron chi connectivity index (χ1n) is 7.82. The van der Waals surface area contributed by atoms with Gasteiger partial charge in [-0.25, -0.2) is 8.42 Å². The van der Waals surface area contributed by atoms with Gasteiger partial charge in [-0.3, -0.25) is 9.40 Å². The Balaban J connectivity index is 1.73. The van der Waals surface area contributed by atoms with Gasteiger partial charge in [0.1, 0.15) is 0 Å². The monoisotopic (exact) mass is 335 g/mol. The normalized spacial score (nSPS) is 16.4. The van der Waals surface area contributed by atoms with E-state index < -0.39 is 10.0 Å². The zero-order valence-corrected chi connectivity index (χ0v) is 13.9. The molecule has 0 atom stereocenters. The van der Waals surface area contributed by atoms with Crippen molar-refractivity contribution in [3.63, 3.8) is 0 Å². The van der Waals surface area contributed by atoms with Crippen LogP contribution in [-0.4, -0.2) is 31.4 Å². The molecular formula is C16H21N3O3S. The first-order valence-corrected chi connectivity index (χ1v) is 9.30. The molecule has 1 aliphatic rings. The molecule has 1 aromatic carbocycles. The fourth-order valence-electron chi connectivity index (χ4n) is 2.66. The van der Waals surface area contributed by atoms with Crippen LogP contribution < -0.4 is 4.72 Å². The summed E-state index contributed by atoms with van der Waals surface area (Å²) in [5, 5.41) is 4.28. The molecule has 0 unspecified atom stereocenters. The van der Waals surface area contributed by atoms with Crippen molar-refractivity contribution in [3.05, 3.63) is 42.2 Å². The lowest BCUT2D eigenvalue weighted by Crippen LogP contribution is -2.19. The molecule has 0 saturated carbocycles. The van der Waals surface area contributed by atoms with E-state index in [1.54, 1.807) is 24.5 Å². The van der Waals surface area contributed by atoms with E-state index in [0.29, 0.717) is 5.69 Å². The molecule has 23 heavy (non-hydrogen) atoms. The summed E-state index contributed by atoms with van der Waals surface area (Å²) in [6.45, 7) is 3.47. The van der Waals surface area contributed by atoms with E-state index in [0.717, 1.165) is 38.0 Å². The van der Waals surface area contributed by atoms with Crippen molar-refractivity contribution in [2.24, 2.45) is 0 Å². The number of ether oxygens (including phenoxy) is 1. The van der Waals surface area contributed by atoms with Crippen LogP contribution in [0.1, 0.15) is 31.4 Å². The second-order valence-corrected chi connectivity index (χ2v) is 7.34. The highest BCUT2D eigenvalue weighted by atomic mass is 32.2. The number of aryl methyl sites for hydroxylation is 1. The highest BCUT2D eigenvalue weighted by Crippen LogP contribution is 2.23. The smallest absolute Gasteiger partial charge is 0.261 e. The van der Waals surface area contributed by atoms with Crippen LogP contribution in [0.15, 0.2) is 41.6 Å². The summed E-state index contributed by atoms with van der Waals surface area (Å²) in [5.41, 5.74) is 1.59. The van der Waals surface area contributed by atoms with Gasteiger partial charge in [-0.15, -0.1) is 0 Å². The summed E-state index contributed by atoms with van der Waals surface area (Å²) in [6.07, 6.45) is 5.96. The maximum absolute atomic E-state index is 12.4. The summed E-state index contributed by atoms with van der Waals surface area (Å²) >= 11 is 0. The van der Waals surface area contributed by atoms with Crippen molar-refractivity contribution in [1.29, 1.82) is 0 Å². The molecule has 1 saturated heterocycles. The molecule has 3 rings (SSSR count). The third-order valence-electron chi connectivity index (χ3n) is 4.06. The number of benzene rings is 1. The van der Waals surface area contributed by atoms with Crippen LogP contribution >= 0.6 is 0 Å². The van der Waals surface area contributed by atoms with Crippen molar-refractivity contribution in [1.82, 2.24) is 9.78 Å². The summed E-state index contributed by atoms with van der Waals surface area (Å²) < 4.78 is 34.6. The van der Waals surface area contributed by atoms with Crippen molar-refractivity contribution in [3.8, 4) is 0 Å². The zero-order chi connectivity index (χ0) is 16.3. The second kappa shape index (κ2) is 6.72. The molecule has 1 N–H and O–H groups in total. The minimum absolute atomic E-state index is 0.258. The lowest BCUT2D eigenvalue weighted by atomic mass is 10.1. The third-order valence-corrected chi connectivity index (χ3v) is 5.46. The highest BCUT2D eigenvalue weighted by Gasteiger charge is 2.19. The van der Waals surface area contributed by atoms with Gasteiger partial charge in [0.2, 0.25) is 0 Å². The average Bonchev–Trinajstić information content (AvgIpc) is 3.03. The van der Waals surface area contributed by atoms with E-state index in [1.807, 2.05) is 23.7 Å². The molecule has 1 aromatic heterocycles. The molecule has 6 nitrogen and oxygen atoms in total. The number of nitrogens with zero attached hydrogens (tertiary/aromatic N) is 2. The second-order valence-electron chi connectivity index (χ2n) is 5.66. The van der Waals surface area contributed by atoms with Gasteiger partial charge in [0.15, 0.2) is 0 Å². The third kappa shape index (κ3) is 3.73. The van der Waals surface area contributed by atoms with Gasteiger partial charge in [0, 0.05) is 19.4 Å². The predicted octanol–water partition coefficient (Wildman–Crippen LogP) is 2.60. The lowest BCUT2D eigenvalue weighted by Gasteiger charge is -2.22. The maximum atomic E-state index is 12.4. The molecule has 0 radical (unpaired) electrons. The Hall–Kier alpha value is -1.86. The van der Waals surface area contributed by atoms with E-state index in [-0.39, 0.29) is 10.9 Å². The molecule has 0 bridgehead atoms. The minimum atomic E-state index is -3.58. The fourth-order valence-corrected chi connectivity index (χ4v) is 3.69. The summed E-state index contributed by atoms with van der Waals surface area (Å²) in [4.78, 5) is 0.258. The molecule has 0 aliphatic carbocycles. The van der Waals surface area contributed by atoms with Crippen LogP contribution in [0.25, 0.3) is 0 Å². The quantitative estimate of drug-likeness (QED) is 0.911. The minimum Gasteiger partial charge on any atom is -0.381 e. The van der Waals surface area contributed by atoms with Gasteiger partial charge in [0.25, 0.3) is 10.0 Å². The Morgan fingerprint density at radius 3 is 2.61 bits per heavy atom. The highest BCUT2D eigenvalue weighted by molar-refractivity contribution is 7.92. The van der Waals surface area contributed by atoms with Gasteiger partial charge in [0.05, 0.1) is 22.8 Å². The largest absolute Gasteiger partial charge is 0.381 e. The van der Waals surface area contributed by atoms with E-state index in [4.69, 9.17) is 4.74 Å². The Morgan fingerprint density at radius 2 is 1.96 bits per heavy atom.